The molecule has 0 aromatic carbocycles. The summed E-state index contributed by atoms with van der Waals surface area (Å²) >= 11 is 1.32. The van der Waals surface area contributed by atoms with E-state index in [1.165, 1.54) is 11.8 Å². The predicted octanol–water partition coefficient (Wildman–Crippen LogP) is 2.82. The van der Waals surface area contributed by atoms with Crippen LogP contribution in [0.2, 0.25) is 0 Å². The van der Waals surface area contributed by atoms with E-state index < -0.39 is 0 Å². The maximum Gasteiger partial charge on any atom is 0.192 e. The number of carbonyl (C=O) groups excluding carboxylic acids is 3. The van der Waals surface area contributed by atoms with Crippen molar-refractivity contribution in [2.45, 2.75) is 45.4 Å². The molecule has 0 amide bonds. The van der Waals surface area contributed by atoms with Crippen LogP contribution in [0.4, 0.5) is 0 Å². The molecule has 0 aromatic heterocycles. The second-order valence-electron chi connectivity index (χ2n) is 5.50. The lowest BCUT2D eigenvalue weighted by Gasteiger charge is -2.31. The van der Waals surface area contributed by atoms with Gasteiger partial charge in [-0.1, -0.05) is 18.7 Å². The molecule has 1 fully saturated rings. The van der Waals surface area contributed by atoms with Gasteiger partial charge in [-0.2, -0.15) is 0 Å². The normalized spacial score (nSPS) is 27.9. The summed E-state index contributed by atoms with van der Waals surface area (Å²) in [4.78, 5) is 35.9. The molecule has 20 heavy (non-hydrogen) atoms. The highest BCUT2D eigenvalue weighted by Crippen LogP contribution is 2.38. The van der Waals surface area contributed by atoms with Gasteiger partial charge in [-0.15, -0.1) is 0 Å². The Labute approximate surface area is 123 Å². The van der Waals surface area contributed by atoms with Gasteiger partial charge in [-0.25, -0.2) is 0 Å². The average molecular weight is 296 g/mol. The van der Waals surface area contributed by atoms with Crippen LogP contribution >= 0.6 is 11.8 Å². The summed E-state index contributed by atoms with van der Waals surface area (Å²) in [5, 5.41) is 10.2. The van der Waals surface area contributed by atoms with E-state index in [4.69, 9.17) is 0 Å². The third-order valence-electron chi connectivity index (χ3n) is 4.00. The quantitative estimate of drug-likeness (QED) is 0.808. The van der Waals surface area contributed by atoms with E-state index in [1.54, 1.807) is 0 Å². The van der Waals surface area contributed by atoms with Crippen molar-refractivity contribution in [2.75, 3.05) is 5.75 Å². The Kier molecular flexibility index (Phi) is 5.02. The standard InChI is InChI=1S/C15H20O4S/c1-2-4-11(16)14-12(17)7-9(8-13(14)18)10-5-3-6-20-15(10)19/h9-10,17H,2-8H2,1H3. The maximum absolute atomic E-state index is 12.1. The fraction of sp³-hybridized carbons (Fsp3) is 0.667. The van der Waals surface area contributed by atoms with Gasteiger partial charge in [0.1, 0.15) is 5.76 Å². The van der Waals surface area contributed by atoms with Crippen molar-refractivity contribution >= 4 is 28.4 Å². The Morgan fingerprint density at radius 1 is 1.35 bits per heavy atom. The average Bonchev–Trinajstić information content (AvgIpc) is 2.38. The smallest absolute Gasteiger partial charge is 0.192 e. The van der Waals surface area contributed by atoms with Gasteiger partial charge >= 0.3 is 0 Å². The summed E-state index contributed by atoms with van der Waals surface area (Å²) in [5.74, 6) is -0.104. The number of Topliss-reactive ketones (excluding diaryl/α,β-unsaturated/α-hetero) is 2. The predicted molar refractivity (Wildman–Crippen MR) is 77.5 cm³/mol. The minimum Gasteiger partial charge on any atom is -0.511 e. The molecule has 0 radical (unpaired) electrons. The van der Waals surface area contributed by atoms with Crippen LogP contribution in [-0.2, 0) is 14.4 Å². The zero-order valence-electron chi connectivity index (χ0n) is 11.7. The summed E-state index contributed by atoms with van der Waals surface area (Å²) in [6.45, 7) is 1.86. The lowest BCUT2D eigenvalue weighted by atomic mass is 9.76. The molecule has 0 spiro atoms. The number of thioether (sulfide) groups is 1. The molecule has 1 N–H and O–H groups in total. The van der Waals surface area contributed by atoms with Crippen molar-refractivity contribution in [3.05, 3.63) is 11.3 Å². The van der Waals surface area contributed by atoms with Crippen LogP contribution in [0.15, 0.2) is 11.3 Å². The van der Waals surface area contributed by atoms with E-state index >= 15 is 0 Å². The Morgan fingerprint density at radius 3 is 2.70 bits per heavy atom. The molecule has 2 rings (SSSR count). The molecule has 1 heterocycles. The van der Waals surface area contributed by atoms with Crippen LogP contribution in [0.5, 0.6) is 0 Å². The topological polar surface area (TPSA) is 71.4 Å². The number of hydrogen-bond donors (Lipinski definition) is 1. The van der Waals surface area contributed by atoms with Crippen molar-refractivity contribution in [3.63, 3.8) is 0 Å². The Morgan fingerprint density at radius 2 is 2.10 bits per heavy atom. The summed E-state index contributed by atoms with van der Waals surface area (Å²) in [6.07, 6.45) is 3.20. The minimum absolute atomic E-state index is 0.0148. The van der Waals surface area contributed by atoms with Crippen LogP contribution < -0.4 is 0 Å². The number of aliphatic hydroxyl groups excluding tert-OH is 1. The van der Waals surface area contributed by atoms with Crippen molar-refractivity contribution < 1.29 is 19.5 Å². The first kappa shape index (κ1) is 15.3. The van der Waals surface area contributed by atoms with Crippen LogP contribution in [0.1, 0.15) is 45.4 Å². The first-order chi connectivity index (χ1) is 9.54. The Hall–Kier alpha value is -1.10. The molecule has 2 aliphatic rings. The van der Waals surface area contributed by atoms with E-state index in [0.717, 1.165) is 18.6 Å². The molecule has 110 valence electrons. The van der Waals surface area contributed by atoms with Gasteiger partial charge in [-0.05, 0) is 25.2 Å². The maximum atomic E-state index is 12.1. The molecule has 5 heteroatoms. The summed E-state index contributed by atoms with van der Waals surface area (Å²) in [6, 6.07) is 0. The molecule has 2 unspecified atom stereocenters. The second kappa shape index (κ2) is 6.57. The molecule has 2 atom stereocenters. The monoisotopic (exact) mass is 296 g/mol. The fourth-order valence-corrected chi connectivity index (χ4v) is 4.04. The van der Waals surface area contributed by atoms with Gasteiger partial charge in [0.05, 0.1) is 5.57 Å². The SMILES string of the molecule is CCCC(=O)C1=C(O)CC(C2CCCSC2=O)CC1=O. The van der Waals surface area contributed by atoms with Crippen LogP contribution in [0.3, 0.4) is 0 Å². The number of carbonyl (C=O) groups is 3. The fourth-order valence-electron chi connectivity index (χ4n) is 3.01. The van der Waals surface area contributed by atoms with Gasteiger partial charge < -0.3 is 5.11 Å². The molecule has 1 saturated heterocycles. The second-order valence-corrected chi connectivity index (χ2v) is 6.60. The van der Waals surface area contributed by atoms with Crippen LogP contribution in [-0.4, -0.2) is 27.5 Å². The van der Waals surface area contributed by atoms with E-state index in [0.29, 0.717) is 6.42 Å². The van der Waals surface area contributed by atoms with Crippen molar-refractivity contribution in [1.29, 1.82) is 0 Å². The molecule has 1 aliphatic heterocycles. The molecular weight excluding hydrogens is 276 g/mol. The molecule has 1 aliphatic carbocycles. The van der Waals surface area contributed by atoms with Gasteiger partial charge in [-0.3, -0.25) is 14.4 Å². The Bertz CT molecular complexity index is 466. The highest BCUT2D eigenvalue weighted by Gasteiger charge is 2.38. The highest BCUT2D eigenvalue weighted by molar-refractivity contribution is 8.13. The third-order valence-corrected chi connectivity index (χ3v) is 5.08. The molecule has 0 saturated carbocycles. The van der Waals surface area contributed by atoms with Gasteiger partial charge in [0.25, 0.3) is 0 Å². The van der Waals surface area contributed by atoms with E-state index in [1.807, 2.05) is 6.92 Å². The first-order valence-corrected chi connectivity index (χ1v) is 8.18. The molecule has 0 aromatic rings. The lowest BCUT2D eigenvalue weighted by Crippen LogP contribution is -2.32. The zero-order valence-corrected chi connectivity index (χ0v) is 12.5. The molecule has 0 bridgehead atoms. The number of allylic oxidation sites excluding steroid dienone is 2. The van der Waals surface area contributed by atoms with Gasteiger partial charge in [0.15, 0.2) is 16.7 Å². The van der Waals surface area contributed by atoms with Crippen molar-refractivity contribution in [3.8, 4) is 0 Å². The molecule has 4 nitrogen and oxygen atoms in total. The first-order valence-electron chi connectivity index (χ1n) is 7.19. The number of rotatable bonds is 4. The van der Waals surface area contributed by atoms with Gasteiger partial charge in [0.2, 0.25) is 0 Å². The number of hydrogen-bond acceptors (Lipinski definition) is 5. The lowest BCUT2D eigenvalue weighted by molar-refractivity contribution is -0.123. The largest absolute Gasteiger partial charge is 0.511 e. The van der Waals surface area contributed by atoms with E-state index in [2.05, 4.69) is 0 Å². The number of aliphatic hydroxyl groups is 1. The van der Waals surface area contributed by atoms with Crippen LogP contribution in [0.25, 0.3) is 0 Å². The van der Waals surface area contributed by atoms with Gasteiger partial charge in [0, 0.05) is 30.9 Å². The van der Waals surface area contributed by atoms with Crippen molar-refractivity contribution in [1.82, 2.24) is 0 Å². The number of ketones is 2. The van der Waals surface area contributed by atoms with E-state index in [9.17, 15) is 19.5 Å². The summed E-state index contributed by atoms with van der Waals surface area (Å²) < 4.78 is 0. The highest BCUT2D eigenvalue weighted by atomic mass is 32.2. The van der Waals surface area contributed by atoms with Crippen molar-refractivity contribution in [2.24, 2.45) is 11.8 Å². The minimum atomic E-state index is -0.291. The molecular formula is C15H20O4S. The van der Waals surface area contributed by atoms with Crippen LogP contribution in [0, 0.1) is 11.8 Å². The zero-order chi connectivity index (χ0) is 14.7. The third kappa shape index (κ3) is 3.14. The Balaban J connectivity index is 2.14. The summed E-state index contributed by atoms with van der Waals surface area (Å²) in [7, 11) is 0. The van der Waals surface area contributed by atoms with E-state index in [-0.39, 0.29) is 59.1 Å². The summed E-state index contributed by atoms with van der Waals surface area (Å²) in [5.41, 5.74) is -0.0148.